The van der Waals surface area contributed by atoms with Crippen molar-refractivity contribution in [2.75, 3.05) is 6.50 Å². The van der Waals surface area contributed by atoms with Gasteiger partial charge in [0.25, 0.3) is 0 Å². The van der Waals surface area contributed by atoms with Crippen LogP contribution in [0.3, 0.4) is 0 Å². The van der Waals surface area contributed by atoms with Gasteiger partial charge in [0.1, 0.15) is 2.82 Å². The highest BCUT2D eigenvalue weighted by Crippen LogP contribution is 2.50. The first-order chi connectivity index (χ1) is 9.58. The molecule has 0 unspecified atom stereocenters. The minimum Gasteiger partial charge on any atom is -0.504 e. The van der Waals surface area contributed by atoms with Crippen LogP contribution in [-0.2, 0) is 6.42 Å². The third-order valence-electron chi connectivity index (χ3n) is 2.48. The number of hydrogen-bond donors (Lipinski definition) is 7. The van der Waals surface area contributed by atoms with Gasteiger partial charge in [-0.15, -0.1) is 0 Å². The standard InChI is InChI=1S/C10H12N2O5/c11-2-1-3-4-5(12-10(3)17)7(14)9(16)8(15)6(4)13/h12-17H,1-2,11H2/i2D2/hD2. The summed E-state index contributed by atoms with van der Waals surface area (Å²) in [4.78, 5) is 2.23. The molecule has 0 amide bonds. The third-order valence-corrected chi connectivity index (χ3v) is 2.48. The van der Waals surface area contributed by atoms with Crippen LogP contribution in [0, 0.1) is 0 Å². The monoisotopic (exact) mass is 244 g/mol. The normalized spacial score (nSPS) is 15.6. The SMILES string of the molecule is [2H]N([2H])C([2H])([2H])Cc1c(O)[nH]c2c(O)c(O)c(O)c(O)c12. The van der Waals surface area contributed by atoms with Gasteiger partial charge in [0.05, 0.1) is 10.9 Å². The van der Waals surface area contributed by atoms with E-state index < -0.39 is 41.8 Å². The van der Waals surface area contributed by atoms with Crippen molar-refractivity contribution in [2.45, 2.75) is 6.42 Å². The average molecular weight is 244 g/mol. The number of aromatic hydroxyl groups is 5. The lowest BCUT2D eigenvalue weighted by molar-refractivity contribution is 0.350. The van der Waals surface area contributed by atoms with E-state index in [1.54, 1.807) is 0 Å². The van der Waals surface area contributed by atoms with Gasteiger partial charge in [-0.05, 0) is 12.9 Å². The van der Waals surface area contributed by atoms with Crippen molar-refractivity contribution in [1.29, 1.82) is 0 Å². The van der Waals surface area contributed by atoms with Crippen molar-refractivity contribution >= 4 is 10.9 Å². The molecule has 1 aromatic heterocycles. The zero-order valence-corrected chi connectivity index (χ0v) is 8.39. The quantitative estimate of drug-likeness (QED) is 0.303. The fourth-order valence-electron chi connectivity index (χ4n) is 1.68. The minimum atomic E-state index is -2.51. The van der Waals surface area contributed by atoms with Gasteiger partial charge in [0.15, 0.2) is 17.4 Å². The van der Waals surface area contributed by atoms with E-state index in [1.165, 1.54) is 0 Å². The summed E-state index contributed by atoms with van der Waals surface area (Å²) in [6.45, 7) is -2.51. The van der Waals surface area contributed by atoms with E-state index in [0.717, 1.165) is 0 Å². The molecule has 0 saturated carbocycles. The number of H-pyrrole nitrogens is 1. The van der Waals surface area contributed by atoms with Gasteiger partial charge >= 0.3 is 0 Å². The zero-order chi connectivity index (χ0) is 16.1. The summed E-state index contributed by atoms with van der Waals surface area (Å²) in [6.07, 6.45) is -0.691. The van der Waals surface area contributed by atoms with Gasteiger partial charge in [-0.3, -0.25) is 0 Å². The van der Waals surface area contributed by atoms with Gasteiger partial charge in [-0.2, -0.15) is 0 Å². The number of nitrogens with two attached hydrogens (primary N) is 1. The number of aryl methyl sites for hydroxylation is 1. The largest absolute Gasteiger partial charge is 0.504 e. The van der Waals surface area contributed by atoms with Gasteiger partial charge in [-0.25, -0.2) is 0 Å². The van der Waals surface area contributed by atoms with Gasteiger partial charge in [-0.1, -0.05) is 0 Å². The van der Waals surface area contributed by atoms with Crippen LogP contribution in [0.2, 0.25) is 2.82 Å². The molecular formula is C10H12N2O5. The summed E-state index contributed by atoms with van der Waals surface area (Å²) >= 11 is 0. The first-order valence-electron chi connectivity index (χ1n) is 6.44. The summed E-state index contributed by atoms with van der Waals surface area (Å²) in [7, 11) is 0. The molecule has 17 heavy (non-hydrogen) atoms. The third kappa shape index (κ3) is 1.40. The fraction of sp³-hybridized carbons (Fsp3) is 0.200. The van der Waals surface area contributed by atoms with Crippen LogP contribution in [0.25, 0.3) is 10.9 Å². The lowest BCUT2D eigenvalue weighted by Crippen LogP contribution is -2.02. The molecule has 0 bridgehead atoms. The first-order valence-corrected chi connectivity index (χ1v) is 4.55. The van der Waals surface area contributed by atoms with E-state index in [4.69, 9.17) is 5.57 Å². The molecule has 0 aliphatic rings. The molecule has 2 rings (SSSR count). The van der Waals surface area contributed by atoms with Crippen LogP contribution in [0.4, 0.5) is 0 Å². The molecule has 1 heterocycles. The Labute approximate surface area is 101 Å². The Morgan fingerprint density at radius 1 is 1.06 bits per heavy atom. The molecular weight excluding hydrogens is 228 g/mol. The van der Waals surface area contributed by atoms with E-state index >= 15 is 0 Å². The van der Waals surface area contributed by atoms with Crippen molar-refractivity contribution in [3.63, 3.8) is 0 Å². The number of benzene rings is 1. The number of aromatic amines is 1. The molecule has 92 valence electrons. The van der Waals surface area contributed by atoms with Crippen LogP contribution in [0.1, 0.15) is 8.30 Å². The molecule has 0 aliphatic carbocycles. The number of phenolic OH excluding ortho intramolecular Hbond substituents is 4. The van der Waals surface area contributed by atoms with Gasteiger partial charge < -0.3 is 36.2 Å². The Morgan fingerprint density at radius 3 is 2.35 bits per heavy atom. The second kappa shape index (κ2) is 3.63. The number of nitrogens with one attached hydrogen (secondary N) is 1. The van der Waals surface area contributed by atoms with Crippen LogP contribution in [-0.4, -0.2) is 37.0 Å². The highest BCUT2D eigenvalue weighted by atomic mass is 16.3. The number of phenols is 4. The zero-order valence-electron chi connectivity index (χ0n) is 12.4. The lowest BCUT2D eigenvalue weighted by atomic mass is 10.1. The number of rotatable bonds is 3. The van der Waals surface area contributed by atoms with E-state index in [2.05, 4.69) is 4.98 Å². The molecule has 0 aliphatic heterocycles. The summed E-state index contributed by atoms with van der Waals surface area (Å²) in [5.74, 6) is -4.38. The second-order valence-electron chi connectivity index (χ2n) is 3.43. The minimum absolute atomic E-state index is 0.220. The Kier molecular flexibility index (Phi) is 1.52. The molecule has 1 aromatic carbocycles. The van der Waals surface area contributed by atoms with Crippen molar-refractivity contribution in [3.8, 4) is 28.9 Å². The molecule has 7 nitrogen and oxygen atoms in total. The van der Waals surface area contributed by atoms with Crippen LogP contribution < -0.4 is 5.72 Å². The Morgan fingerprint density at radius 2 is 1.71 bits per heavy atom. The molecule has 0 saturated heterocycles. The van der Waals surface area contributed by atoms with E-state index in [-0.39, 0.29) is 22.2 Å². The Balaban J connectivity index is 2.74. The van der Waals surface area contributed by atoms with E-state index in [1.807, 2.05) is 0 Å². The molecule has 7 heteroatoms. The molecule has 0 fully saturated rings. The molecule has 0 atom stereocenters. The summed E-state index contributed by atoms with van der Waals surface area (Å²) in [6, 6.07) is 0. The van der Waals surface area contributed by atoms with Crippen LogP contribution >= 0.6 is 0 Å². The summed E-state index contributed by atoms with van der Waals surface area (Å²) in [5, 5.41) is 47.8. The van der Waals surface area contributed by atoms with E-state index in [0.29, 0.717) is 0 Å². The maximum Gasteiger partial charge on any atom is 0.206 e. The average Bonchev–Trinajstić information content (AvgIpc) is 2.71. The van der Waals surface area contributed by atoms with Gasteiger partial charge in [0.2, 0.25) is 11.5 Å². The van der Waals surface area contributed by atoms with Crippen LogP contribution in [0.5, 0.6) is 28.9 Å². The smallest absolute Gasteiger partial charge is 0.206 e. The second-order valence-corrected chi connectivity index (χ2v) is 3.43. The maximum absolute atomic E-state index is 9.81. The fourth-order valence-corrected chi connectivity index (χ4v) is 1.68. The lowest BCUT2D eigenvalue weighted by Gasteiger charge is -2.06. The first kappa shape index (κ1) is 7.13. The molecule has 0 radical (unpaired) electrons. The highest BCUT2D eigenvalue weighted by Gasteiger charge is 2.23. The highest BCUT2D eigenvalue weighted by molar-refractivity contribution is 5.99. The number of hydrogen-bond acceptors (Lipinski definition) is 6. The number of aromatic nitrogens is 1. The Hall–Kier alpha value is -2.28. The van der Waals surface area contributed by atoms with Crippen molar-refractivity contribution in [1.82, 2.24) is 4.98 Å². The topological polar surface area (TPSA) is 143 Å². The molecule has 2 aromatic rings. The van der Waals surface area contributed by atoms with E-state index in [9.17, 15) is 25.5 Å². The summed E-state index contributed by atoms with van der Waals surface area (Å²) in [5.41, 5.74) is -0.794. The summed E-state index contributed by atoms with van der Waals surface area (Å²) < 4.78 is 28.9. The van der Waals surface area contributed by atoms with Crippen molar-refractivity contribution in [3.05, 3.63) is 5.56 Å². The maximum atomic E-state index is 9.81. The Bertz CT molecular complexity index is 716. The molecule has 8 N–H and O–H groups in total. The van der Waals surface area contributed by atoms with Gasteiger partial charge in [0, 0.05) is 8.30 Å². The van der Waals surface area contributed by atoms with Crippen LogP contribution in [0.15, 0.2) is 0 Å². The predicted molar refractivity (Wildman–Crippen MR) is 59.4 cm³/mol. The van der Waals surface area contributed by atoms with Crippen molar-refractivity contribution < 1.29 is 31.1 Å². The predicted octanol–water partition coefficient (Wildman–Crippen LogP) is 0.197. The number of fused-ring (bicyclic) bond motifs is 1. The molecule has 0 spiro atoms. The van der Waals surface area contributed by atoms with Crippen molar-refractivity contribution in [2.24, 2.45) is 5.72 Å².